The van der Waals surface area contributed by atoms with E-state index in [4.69, 9.17) is 9.72 Å². The minimum Gasteiger partial charge on any atom is -0.447 e. The smallest absolute Gasteiger partial charge is 0.415 e. The van der Waals surface area contributed by atoms with Gasteiger partial charge < -0.3 is 14.5 Å². The number of amides is 2. The lowest BCUT2D eigenvalue weighted by Gasteiger charge is -2.36. The molecular weight excluding hydrogens is 406 g/mol. The predicted octanol–water partition coefficient (Wildman–Crippen LogP) is 3.53. The summed E-state index contributed by atoms with van der Waals surface area (Å²) in [6, 6.07) is 4.05. The van der Waals surface area contributed by atoms with Crippen molar-refractivity contribution in [3.05, 3.63) is 46.8 Å². The van der Waals surface area contributed by atoms with Crippen LogP contribution in [-0.2, 0) is 4.74 Å². The molecule has 8 nitrogen and oxygen atoms in total. The van der Waals surface area contributed by atoms with Crippen LogP contribution in [0.4, 0.5) is 16.4 Å². The fourth-order valence-electron chi connectivity index (χ4n) is 4.37. The Balaban J connectivity index is 0.00000245. The molecule has 3 aliphatic rings. The summed E-state index contributed by atoms with van der Waals surface area (Å²) in [6.07, 6.45) is 5.76. The van der Waals surface area contributed by atoms with Crippen LogP contribution in [0.3, 0.4) is 0 Å². The summed E-state index contributed by atoms with van der Waals surface area (Å²) >= 11 is 0. The molecular formula is C24H31N5O3. The molecule has 0 unspecified atom stereocenters. The third kappa shape index (κ3) is 4.13. The lowest BCUT2D eigenvalue weighted by atomic mass is 10.1. The van der Waals surface area contributed by atoms with E-state index in [1.165, 1.54) is 28.9 Å². The van der Waals surface area contributed by atoms with Gasteiger partial charge in [-0.2, -0.15) is 0 Å². The van der Waals surface area contributed by atoms with Crippen LogP contribution in [0.5, 0.6) is 0 Å². The van der Waals surface area contributed by atoms with Crippen molar-refractivity contribution in [2.45, 2.75) is 40.0 Å². The van der Waals surface area contributed by atoms with E-state index in [0.717, 1.165) is 24.5 Å². The van der Waals surface area contributed by atoms with Gasteiger partial charge >= 0.3 is 6.09 Å². The van der Waals surface area contributed by atoms with Crippen molar-refractivity contribution in [3.63, 3.8) is 0 Å². The molecule has 0 spiro atoms. The molecule has 2 aromatic heterocycles. The van der Waals surface area contributed by atoms with Crippen LogP contribution in [-0.4, -0.2) is 66.2 Å². The van der Waals surface area contributed by atoms with Crippen LogP contribution in [0, 0.1) is 13.8 Å². The number of piperazine rings is 1. The maximum Gasteiger partial charge on any atom is 0.415 e. The zero-order chi connectivity index (χ0) is 21.5. The van der Waals surface area contributed by atoms with Crippen LogP contribution >= 0.6 is 0 Å². The summed E-state index contributed by atoms with van der Waals surface area (Å²) in [5, 5.41) is 0. The van der Waals surface area contributed by atoms with E-state index in [2.05, 4.69) is 22.9 Å². The van der Waals surface area contributed by atoms with Gasteiger partial charge in [-0.05, 0) is 55.4 Å². The van der Waals surface area contributed by atoms with E-state index < -0.39 is 6.09 Å². The normalized spacial score (nSPS) is 18.4. The number of aryl methyl sites for hydroxylation is 2. The summed E-state index contributed by atoms with van der Waals surface area (Å²) in [4.78, 5) is 39.6. The van der Waals surface area contributed by atoms with Gasteiger partial charge in [0, 0.05) is 38.6 Å². The van der Waals surface area contributed by atoms with E-state index in [1.54, 1.807) is 12.3 Å². The molecule has 1 saturated carbocycles. The topological polar surface area (TPSA) is 78.9 Å². The summed E-state index contributed by atoms with van der Waals surface area (Å²) < 4.78 is 4.97. The van der Waals surface area contributed by atoms with Crippen molar-refractivity contribution in [3.8, 4) is 0 Å². The lowest BCUT2D eigenvalue weighted by molar-refractivity contribution is 0.0745. The number of aromatic nitrogens is 2. The third-order valence-electron chi connectivity index (χ3n) is 6.35. The quantitative estimate of drug-likeness (QED) is 0.728. The van der Waals surface area contributed by atoms with Gasteiger partial charge in [0.05, 0.1) is 12.1 Å². The molecule has 4 heterocycles. The first-order valence-electron chi connectivity index (χ1n) is 10.9. The number of carbonyl (C=O) groups excluding carboxylic acids is 2. The highest BCUT2D eigenvalue weighted by Crippen LogP contribution is 2.40. The fourth-order valence-corrected chi connectivity index (χ4v) is 4.37. The number of cyclic esters (lactones) is 1. The number of hydrogen-bond acceptors (Lipinski definition) is 6. The summed E-state index contributed by atoms with van der Waals surface area (Å²) in [6.45, 7) is 7.65. The van der Waals surface area contributed by atoms with E-state index >= 15 is 0 Å². The Labute approximate surface area is 189 Å². The van der Waals surface area contributed by atoms with Crippen molar-refractivity contribution < 1.29 is 14.3 Å². The molecule has 5 rings (SSSR count). The number of ether oxygens (including phenoxy) is 1. The highest BCUT2D eigenvalue weighted by Gasteiger charge is 2.29. The van der Waals surface area contributed by atoms with Gasteiger partial charge in [0.15, 0.2) is 0 Å². The van der Waals surface area contributed by atoms with Crippen LogP contribution in [0.25, 0.3) is 0 Å². The monoisotopic (exact) mass is 437 g/mol. The van der Waals surface area contributed by atoms with Gasteiger partial charge in [-0.25, -0.2) is 14.8 Å². The molecule has 0 bridgehead atoms. The van der Waals surface area contributed by atoms with E-state index in [9.17, 15) is 9.59 Å². The van der Waals surface area contributed by atoms with Crippen molar-refractivity contribution in [1.82, 2.24) is 14.9 Å². The SMILES string of the molecule is C.Cc1cc(N2CCOC2=O)ncc1C(=O)N1CCN(c2ncc(C3CC3)cc2C)CC1. The summed E-state index contributed by atoms with van der Waals surface area (Å²) in [5.74, 6) is 2.23. The summed E-state index contributed by atoms with van der Waals surface area (Å²) in [7, 11) is 0. The second-order valence-corrected chi connectivity index (χ2v) is 8.59. The van der Waals surface area contributed by atoms with Crippen LogP contribution in [0.2, 0.25) is 0 Å². The standard InChI is InChI=1S/C23H27N5O3.CH4/c1-15-12-20(28-9-10-31-23(28)30)24-14-19(15)22(29)27-7-5-26(6-8-27)21-16(2)11-18(13-25-21)17-3-4-17;/h11-14,17H,3-10H2,1-2H3;1H4. The molecule has 32 heavy (non-hydrogen) atoms. The van der Waals surface area contributed by atoms with Crippen molar-refractivity contribution >= 4 is 23.6 Å². The van der Waals surface area contributed by atoms with Gasteiger partial charge in [0.2, 0.25) is 0 Å². The lowest BCUT2D eigenvalue weighted by Crippen LogP contribution is -2.49. The largest absolute Gasteiger partial charge is 0.447 e. The van der Waals surface area contributed by atoms with Crippen molar-refractivity contribution in [1.29, 1.82) is 0 Å². The Morgan fingerprint density at radius 3 is 2.34 bits per heavy atom. The fraction of sp³-hybridized carbons (Fsp3) is 0.500. The van der Waals surface area contributed by atoms with E-state index in [1.807, 2.05) is 18.0 Å². The van der Waals surface area contributed by atoms with Gasteiger partial charge in [-0.1, -0.05) is 13.5 Å². The number of anilines is 2. The van der Waals surface area contributed by atoms with Crippen LogP contribution < -0.4 is 9.80 Å². The molecule has 2 aromatic rings. The predicted molar refractivity (Wildman–Crippen MR) is 123 cm³/mol. The molecule has 1 aliphatic carbocycles. The van der Waals surface area contributed by atoms with Gasteiger partial charge in [-0.3, -0.25) is 9.69 Å². The van der Waals surface area contributed by atoms with Crippen molar-refractivity contribution in [2.75, 3.05) is 49.1 Å². The Morgan fingerprint density at radius 2 is 1.75 bits per heavy atom. The van der Waals surface area contributed by atoms with E-state index in [0.29, 0.717) is 43.5 Å². The highest BCUT2D eigenvalue weighted by atomic mass is 16.6. The van der Waals surface area contributed by atoms with E-state index in [-0.39, 0.29) is 13.3 Å². The number of nitrogens with zero attached hydrogens (tertiary/aromatic N) is 5. The number of carbonyl (C=O) groups is 2. The zero-order valence-corrected chi connectivity index (χ0v) is 18.0. The van der Waals surface area contributed by atoms with Gasteiger partial charge in [0.1, 0.15) is 18.2 Å². The Morgan fingerprint density at radius 1 is 1.00 bits per heavy atom. The number of pyridine rings is 2. The average Bonchev–Trinajstić information content (AvgIpc) is 3.54. The number of hydrogen-bond donors (Lipinski definition) is 0. The summed E-state index contributed by atoms with van der Waals surface area (Å²) in [5.41, 5.74) is 3.95. The molecule has 8 heteroatoms. The van der Waals surface area contributed by atoms with Gasteiger partial charge in [0.25, 0.3) is 5.91 Å². The average molecular weight is 438 g/mol. The molecule has 0 radical (unpaired) electrons. The second-order valence-electron chi connectivity index (χ2n) is 8.59. The van der Waals surface area contributed by atoms with Gasteiger partial charge in [-0.15, -0.1) is 0 Å². The molecule has 0 N–H and O–H groups in total. The molecule has 2 saturated heterocycles. The molecule has 2 aliphatic heterocycles. The maximum atomic E-state index is 13.1. The van der Waals surface area contributed by atoms with Crippen LogP contribution in [0.1, 0.15) is 53.2 Å². The minimum absolute atomic E-state index is 0. The second kappa shape index (κ2) is 8.76. The molecule has 170 valence electrons. The number of rotatable bonds is 4. The van der Waals surface area contributed by atoms with Crippen molar-refractivity contribution in [2.24, 2.45) is 0 Å². The molecule has 0 atom stereocenters. The highest BCUT2D eigenvalue weighted by molar-refractivity contribution is 5.96. The third-order valence-corrected chi connectivity index (χ3v) is 6.35. The first-order valence-corrected chi connectivity index (χ1v) is 10.9. The Bertz CT molecular complexity index is 1030. The maximum absolute atomic E-state index is 13.1. The molecule has 3 fully saturated rings. The Hall–Kier alpha value is -3.16. The first-order chi connectivity index (χ1) is 15.0. The zero-order valence-electron chi connectivity index (χ0n) is 18.0. The Kier molecular flexibility index (Phi) is 6.04. The van der Waals surface area contributed by atoms with Crippen LogP contribution in [0.15, 0.2) is 24.5 Å². The first kappa shape index (κ1) is 22.0. The molecule has 2 amide bonds. The molecule has 0 aromatic carbocycles. The minimum atomic E-state index is -0.392.